The lowest BCUT2D eigenvalue weighted by Gasteiger charge is -2.28. The number of carbonyl (C=O) groups is 1. The first-order valence-electron chi connectivity index (χ1n) is 9.96. The summed E-state index contributed by atoms with van der Waals surface area (Å²) in [7, 11) is 3.98. The van der Waals surface area contributed by atoms with Crippen molar-refractivity contribution < 1.29 is 13.9 Å². The quantitative estimate of drug-likeness (QED) is 0.597. The summed E-state index contributed by atoms with van der Waals surface area (Å²) in [6, 6.07) is 11.4. The van der Waals surface area contributed by atoms with Gasteiger partial charge in [-0.1, -0.05) is 25.5 Å². The molecule has 1 atom stereocenters. The van der Waals surface area contributed by atoms with E-state index in [0.29, 0.717) is 23.3 Å². The fourth-order valence-corrected chi connectivity index (χ4v) is 4.05. The fourth-order valence-electron chi connectivity index (χ4n) is 4.05. The van der Waals surface area contributed by atoms with Crippen LogP contribution in [0.1, 0.15) is 52.9 Å². The average Bonchev–Trinajstić information content (AvgIpc) is 2.67. The van der Waals surface area contributed by atoms with Gasteiger partial charge < -0.3 is 14.1 Å². The number of carbonyl (C=O) groups excluding carboxylic acids is 1. The summed E-state index contributed by atoms with van der Waals surface area (Å²) >= 11 is 0. The summed E-state index contributed by atoms with van der Waals surface area (Å²) in [5, 5.41) is 0.745. The van der Waals surface area contributed by atoms with Crippen LogP contribution < -0.4 is 15.3 Å². The third-order valence-corrected chi connectivity index (χ3v) is 5.48. The van der Waals surface area contributed by atoms with Crippen molar-refractivity contribution in [2.24, 2.45) is 0 Å². The summed E-state index contributed by atoms with van der Waals surface area (Å²) in [5.74, 6) is 0.603. The summed E-state index contributed by atoms with van der Waals surface area (Å²) in [5.41, 5.74) is 4.39. The maximum Gasteiger partial charge on any atom is 0.336 e. The van der Waals surface area contributed by atoms with E-state index in [4.69, 9.17) is 9.15 Å². The topological polar surface area (TPSA) is 59.8 Å². The summed E-state index contributed by atoms with van der Waals surface area (Å²) in [4.78, 5) is 27.1. The van der Waals surface area contributed by atoms with Gasteiger partial charge in [0, 0.05) is 25.8 Å². The number of fused-ring (bicyclic) bond motifs is 3. The van der Waals surface area contributed by atoms with Gasteiger partial charge in [-0.05, 0) is 48.2 Å². The highest BCUT2D eigenvalue weighted by molar-refractivity contribution is 6.07. The summed E-state index contributed by atoms with van der Waals surface area (Å²) < 4.78 is 11.9. The molecule has 0 fully saturated rings. The van der Waals surface area contributed by atoms with Gasteiger partial charge in [0.15, 0.2) is 5.78 Å². The van der Waals surface area contributed by atoms with E-state index in [9.17, 15) is 9.59 Å². The molecule has 1 aliphatic heterocycles. The monoisotopic (exact) mass is 391 g/mol. The van der Waals surface area contributed by atoms with E-state index in [1.54, 1.807) is 6.07 Å². The molecule has 2 aromatic carbocycles. The van der Waals surface area contributed by atoms with Crippen LogP contribution in [0.2, 0.25) is 0 Å². The molecule has 3 aromatic rings. The van der Waals surface area contributed by atoms with Crippen molar-refractivity contribution in [2.75, 3.05) is 19.0 Å². The van der Waals surface area contributed by atoms with Crippen LogP contribution >= 0.6 is 0 Å². The molecule has 4 rings (SSSR count). The maximum absolute atomic E-state index is 13.1. The van der Waals surface area contributed by atoms with E-state index < -0.39 is 0 Å². The number of ketones is 1. The minimum atomic E-state index is -0.377. The highest BCUT2D eigenvalue weighted by atomic mass is 16.5. The zero-order valence-electron chi connectivity index (χ0n) is 17.2. The number of ether oxygens (including phenoxy) is 1. The Hall–Kier alpha value is -3.08. The van der Waals surface area contributed by atoms with Gasteiger partial charge in [-0.25, -0.2) is 4.79 Å². The number of Topliss-reactive ketones (excluding diaryl/α,β-unsaturated/α-hetero) is 1. The Balaban J connectivity index is 1.87. The molecule has 0 aliphatic carbocycles. The average molecular weight is 391 g/mol. The molecule has 29 heavy (non-hydrogen) atoms. The largest absolute Gasteiger partial charge is 0.484 e. The van der Waals surface area contributed by atoms with Crippen LogP contribution in [0.5, 0.6) is 5.75 Å². The highest BCUT2D eigenvalue weighted by Crippen LogP contribution is 2.43. The van der Waals surface area contributed by atoms with E-state index in [0.717, 1.165) is 40.6 Å². The van der Waals surface area contributed by atoms with Gasteiger partial charge in [0.1, 0.15) is 17.4 Å². The van der Waals surface area contributed by atoms with E-state index in [2.05, 4.69) is 6.92 Å². The Morgan fingerprint density at radius 2 is 1.83 bits per heavy atom. The van der Waals surface area contributed by atoms with E-state index in [1.807, 2.05) is 50.2 Å². The first-order valence-corrected chi connectivity index (χ1v) is 9.96. The number of hydrogen-bond acceptors (Lipinski definition) is 5. The van der Waals surface area contributed by atoms with Crippen LogP contribution in [0.15, 0.2) is 45.6 Å². The molecule has 150 valence electrons. The smallest absolute Gasteiger partial charge is 0.336 e. The number of rotatable bonds is 4. The Bertz CT molecular complexity index is 1140. The summed E-state index contributed by atoms with van der Waals surface area (Å²) in [6.07, 6.45) is 1.53. The van der Waals surface area contributed by atoms with Crippen LogP contribution in [0.25, 0.3) is 11.0 Å². The third kappa shape index (κ3) is 3.41. The van der Waals surface area contributed by atoms with Crippen molar-refractivity contribution in [3.63, 3.8) is 0 Å². The molecule has 1 aromatic heterocycles. The number of aryl methyl sites for hydroxylation is 2. The van der Waals surface area contributed by atoms with Crippen LogP contribution in [0.4, 0.5) is 5.69 Å². The zero-order valence-corrected chi connectivity index (χ0v) is 17.2. The Morgan fingerprint density at radius 1 is 1.10 bits per heavy atom. The van der Waals surface area contributed by atoms with Gasteiger partial charge in [-0.2, -0.15) is 0 Å². The Labute approximate surface area is 169 Å². The molecule has 5 heteroatoms. The SMILES string of the molecule is CCCc1cc(=O)oc2cc(C)c3c(c12)OC(c1ccc(N(C)C)cc1)CC3=O. The van der Waals surface area contributed by atoms with Crippen LogP contribution in [-0.4, -0.2) is 19.9 Å². The van der Waals surface area contributed by atoms with Gasteiger partial charge in [0.2, 0.25) is 0 Å². The van der Waals surface area contributed by atoms with E-state index >= 15 is 0 Å². The van der Waals surface area contributed by atoms with Crippen LogP contribution in [0.3, 0.4) is 0 Å². The van der Waals surface area contributed by atoms with E-state index in [1.165, 1.54) is 6.07 Å². The predicted molar refractivity (Wildman–Crippen MR) is 114 cm³/mol. The van der Waals surface area contributed by atoms with E-state index in [-0.39, 0.29) is 17.5 Å². The second-order valence-corrected chi connectivity index (χ2v) is 7.83. The maximum atomic E-state index is 13.1. The first kappa shape index (κ1) is 19.2. The molecule has 0 N–H and O–H groups in total. The number of nitrogens with zero attached hydrogens (tertiary/aromatic N) is 1. The molecule has 1 unspecified atom stereocenters. The lowest BCUT2D eigenvalue weighted by Crippen LogP contribution is -2.22. The second-order valence-electron chi connectivity index (χ2n) is 7.83. The standard InChI is InChI=1S/C24H25NO4/c1-5-6-16-12-21(27)28-20-11-14(2)22-18(26)13-19(29-24(22)23(16)20)15-7-9-17(10-8-15)25(3)4/h7-12,19H,5-6,13H2,1-4H3. The van der Waals surface area contributed by atoms with Gasteiger partial charge in [0.25, 0.3) is 0 Å². The van der Waals surface area contributed by atoms with Gasteiger partial charge in [-0.15, -0.1) is 0 Å². The lowest BCUT2D eigenvalue weighted by atomic mass is 9.90. The van der Waals surface area contributed by atoms with Crippen molar-refractivity contribution in [1.82, 2.24) is 0 Å². The zero-order chi connectivity index (χ0) is 20.7. The van der Waals surface area contributed by atoms with Crippen LogP contribution in [0, 0.1) is 6.92 Å². The van der Waals surface area contributed by atoms with Crippen LogP contribution in [-0.2, 0) is 6.42 Å². The Morgan fingerprint density at radius 3 is 2.48 bits per heavy atom. The molecule has 0 saturated heterocycles. The minimum absolute atomic E-state index is 0.0565. The fraction of sp³-hybridized carbons (Fsp3) is 0.333. The van der Waals surface area contributed by atoms with Crippen molar-refractivity contribution in [2.45, 2.75) is 39.2 Å². The third-order valence-electron chi connectivity index (χ3n) is 5.48. The van der Waals surface area contributed by atoms with Crippen molar-refractivity contribution in [3.05, 3.63) is 69.1 Å². The molecule has 0 spiro atoms. The first-order chi connectivity index (χ1) is 13.9. The molecule has 5 nitrogen and oxygen atoms in total. The molecular weight excluding hydrogens is 366 g/mol. The number of hydrogen-bond donors (Lipinski definition) is 0. The molecule has 0 saturated carbocycles. The lowest BCUT2D eigenvalue weighted by molar-refractivity contribution is 0.0852. The van der Waals surface area contributed by atoms with Gasteiger partial charge >= 0.3 is 5.63 Å². The van der Waals surface area contributed by atoms with Gasteiger partial charge in [0.05, 0.1) is 17.4 Å². The Kier molecular flexibility index (Phi) is 4.91. The van der Waals surface area contributed by atoms with Gasteiger partial charge in [-0.3, -0.25) is 4.79 Å². The highest BCUT2D eigenvalue weighted by Gasteiger charge is 2.32. The number of benzene rings is 2. The number of anilines is 1. The molecule has 2 heterocycles. The molecule has 1 aliphatic rings. The second kappa shape index (κ2) is 7.39. The summed E-state index contributed by atoms with van der Waals surface area (Å²) in [6.45, 7) is 3.92. The molecular formula is C24H25NO4. The molecule has 0 amide bonds. The minimum Gasteiger partial charge on any atom is -0.484 e. The van der Waals surface area contributed by atoms with Crippen molar-refractivity contribution in [1.29, 1.82) is 0 Å². The van der Waals surface area contributed by atoms with Crippen molar-refractivity contribution in [3.8, 4) is 5.75 Å². The molecule has 0 radical (unpaired) electrons. The molecule has 0 bridgehead atoms. The van der Waals surface area contributed by atoms with Crippen molar-refractivity contribution >= 4 is 22.4 Å². The normalized spacial score (nSPS) is 15.9. The predicted octanol–water partition coefficient (Wildman–Crippen LogP) is 4.83.